The Labute approximate surface area is 172 Å². The van der Waals surface area contributed by atoms with Gasteiger partial charge in [0.1, 0.15) is 11.4 Å². The van der Waals surface area contributed by atoms with Gasteiger partial charge in [0, 0.05) is 29.8 Å². The average Bonchev–Trinajstić information content (AvgIpc) is 2.97. The highest BCUT2D eigenvalue weighted by atomic mass is 127. The normalized spacial score (nSPS) is 18.3. The molecule has 1 aromatic carbocycles. The third-order valence-corrected chi connectivity index (χ3v) is 4.37. The number of aromatic amines is 1. The minimum Gasteiger partial charge on any atom is -0.487 e. The molecule has 7 heteroatoms. The lowest BCUT2D eigenvalue weighted by molar-refractivity contribution is 0.0694. The topological polar surface area (TPSA) is 74.3 Å². The molecule has 3 N–H and O–H groups in total. The number of benzene rings is 1. The number of aromatic nitrogens is 2. The number of rotatable bonds is 4. The highest BCUT2D eigenvalue weighted by molar-refractivity contribution is 14.0. The largest absolute Gasteiger partial charge is 0.487 e. The van der Waals surface area contributed by atoms with Crippen LogP contribution in [0.1, 0.15) is 50.1 Å². The Morgan fingerprint density at radius 1 is 1.38 bits per heavy atom. The molecule has 1 aliphatic rings. The molecule has 3 rings (SSSR count). The van der Waals surface area contributed by atoms with E-state index in [4.69, 9.17) is 9.73 Å². The fraction of sp³-hybridized carbons (Fsp3) is 0.474. The fourth-order valence-electron chi connectivity index (χ4n) is 3.12. The predicted molar refractivity (Wildman–Crippen MR) is 115 cm³/mol. The summed E-state index contributed by atoms with van der Waals surface area (Å²) >= 11 is 0. The van der Waals surface area contributed by atoms with Crippen LogP contribution in [0.3, 0.4) is 0 Å². The first-order valence-electron chi connectivity index (χ1n) is 8.80. The number of hydrogen-bond acceptors (Lipinski definition) is 3. The van der Waals surface area contributed by atoms with Crippen LogP contribution in [0, 0.1) is 6.92 Å². The quantitative estimate of drug-likeness (QED) is 0.363. The van der Waals surface area contributed by atoms with Crippen LogP contribution in [-0.4, -0.2) is 28.3 Å². The lowest BCUT2D eigenvalue weighted by Crippen LogP contribution is -2.45. The van der Waals surface area contributed by atoms with Crippen molar-refractivity contribution in [1.82, 2.24) is 20.8 Å². The zero-order valence-corrected chi connectivity index (χ0v) is 18.1. The lowest BCUT2D eigenvalue weighted by Gasteiger charge is -2.38. The second kappa shape index (κ2) is 8.75. The van der Waals surface area contributed by atoms with E-state index in [9.17, 15) is 0 Å². The van der Waals surface area contributed by atoms with Gasteiger partial charge in [-0.15, -0.1) is 24.0 Å². The van der Waals surface area contributed by atoms with E-state index in [0.29, 0.717) is 6.54 Å². The Morgan fingerprint density at radius 2 is 2.15 bits per heavy atom. The van der Waals surface area contributed by atoms with Crippen LogP contribution < -0.4 is 15.4 Å². The smallest absolute Gasteiger partial charge is 0.192 e. The molecule has 2 heterocycles. The van der Waals surface area contributed by atoms with Crippen LogP contribution in [0.25, 0.3) is 0 Å². The van der Waals surface area contributed by atoms with Gasteiger partial charge in [-0.2, -0.15) is 5.10 Å². The molecule has 142 valence electrons. The number of nitrogens with one attached hydrogen (secondary N) is 3. The minimum atomic E-state index is -0.218. The van der Waals surface area contributed by atoms with Gasteiger partial charge >= 0.3 is 0 Å². The molecular formula is C19H28IN5O. The Bertz CT molecular complexity index is 756. The number of nitrogens with zero attached hydrogens (tertiary/aromatic N) is 2. The number of fused-ring (bicyclic) bond motifs is 1. The van der Waals surface area contributed by atoms with Gasteiger partial charge < -0.3 is 15.4 Å². The highest BCUT2D eigenvalue weighted by Gasteiger charge is 2.33. The van der Waals surface area contributed by atoms with Crippen LogP contribution in [-0.2, 0) is 6.54 Å². The van der Waals surface area contributed by atoms with Crippen molar-refractivity contribution in [2.75, 3.05) is 6.54 Å². The van der Waals surface area contributed by atoms with Gasteiger partial charge in [0.25, 0.3) is 0 Å². The zero-order chi connectivity index (χ0) is 17.9. The Kier molecular flexibility index (Phi) is 6.91. The van der Waals surface area contributed by atoms with Crippen molar-refractivity contribution < 1.29 is 4.74 Å². The maximum absolute atomic E-state index is 6.11. The summed E-state index contributed by atoms with van der Waals surface area (Å²) in [5.74, 6) is 1.75. The Hall–Kier alpha value is -1.77. The molecule has 0 bridgehead atoms. The number of H-pyrrole nitrogens is 1. The molecule has 1 unspecified atom stereocenters. The summed E-state index contributed by atoms with van der Waals surface area (Å²) in [6.07, 6.45) is 2.70. The van der Waals surface area contributed by atoms with Crippen molar-refractivity contribution in [3.8, 4) is 5.75 Å². The third kappa shape index (κ3) is 4.90. The van der Waals surface area contributed by atoms with Crippen LogP contribution in [0.5, 0.6) is 5.75 Å². The highest BCUT2D eigenvalue weighted by Crippen LogP contribution is 2.39. The van der Waals surface area contributed by atoms with Gasteiger partial charge in [-0.3, -0.25) is 5.10 Å². The number of guanidine groups is 1. The first-order valence-corrected chi connectivity index (χ1v) is 8.80. The molecule has 6 nitrogen and oxygen atoms in total. The summed E-state index contributed by atoms with van der Waals surface area (Å²) in [5, 5.41) is 13.9. The summed E-state index contributed by atoms with van der Waals surface area (Å²) in [6.45, 7) is 9.72. The minimum absolute atomic E-state index is 0. The fourth-order valence-corrected chi connectivity index (χ4v) is 3.12. The molecule has 0 saturated heterocycles. The molecule has 26 heavy (non-hydrogen) atoms. The van der Waals surface area contributed by atoms with E-state index in [1.807, 2.05) is 31.3 Å². The summed E-state index contributed by atoms with van der Waals surface area (Å²) in [6, 6.07) is 8.37. The number of halogens is 1. The van der Waals surface area contributed by atoms with E-state index in [1.165, 1.54) is 5.56 Å². The van der Waals surface area contributed by atoms with Crippen LogP contribution in [0.15, 0.2) is 35.5 Å². The van der Waals surface area contributed by atoms with Crippen molar-refractivity contribution in [3.63, 3.8) is 0 Å². The van der Waals surface area contributed by atoms with Crippen LogP contribution in [0.4, 0.5) is 0 Å². The molecule has 0 fully saturated rings. The Balaban J connectivity index is 0.00000243. The summed E-state index contributed by atoms with van der Waals surface area (Å²) < 4.78 is 6.11. The van der Waals surface area contributed by atoms with E-state index in [-0.39, 0.29) is 35.6 Å². The average molecular weight is 469 g/mol. The first kappa shape index (κ1) is 20.5. The molecule has 2 aromatic rings. The van der Waals surface area contributed by atoms with Crippen molar-refractivity contribution in [2.45, 2.75) is 52.3 Å². The molecular weight excluding hydrogens is 441 g/mol. The predicted octanol–water partition coefficient (Wildman–Crippen LogP) is 3.69. The number of hydrogen-bond donors (Lipinski definition) is 3. The molecule has 1 atom stereocenters. The van der Waals surface area contributed by atoms with Gasteiger partial charge in [0.05, 0.1) is 18.8 Å². The van der Waals surface area contributed by atoms with Crippen LogP contribution >= 0.6 is 24.0 Å². The van der Waals surface area contributed by atoms with Gasteiger partial charge in [0.15, 0.2) is 5.96 Å². The summed E-state index contributed by atoms with van der Waals surface area (Å²) in [7, 11) is 0. The van der Waals surface area contributed by atoms with Crippen molar-refractivity contribution in [1.29, 1.82) is 0 Å². The van der Waals surface area contributed by atoms with Crippen LogP contribution in [0.2, 0.25) is 0 Å². The molecule has 0 radical (unpaired) electrons. The van der Waals surface area contributed by atoms with Crippen molar-refractivity contribution >= 4 is 29.9 Å². The summed E-state index contributed by atoms with van der Waals surface area (Å²) in [4.78, 5) is 4.73. The SMILES string of the molecule is CCNC(=NCc1cn[nH]c1C)NC1CC(C)(C)Oc2ccccc21.I. The number of ether oxygens (including phenoxy) is 1. The second-order valence-electron chi connectivity index (χ2n) is 7.02. The monoisotopic (exact) mass is 469 g/mol. The molecule has 0 aliphatic carbocycles. The molecule has 1 aliphatic heterocycles. The zero-order valence-electron chi connectivity index (χ0n) is 15.8. The second-order valence-corrected chi connectivity index (χ2v) is 7.02. The molecule has 1 aromatic heterocycles. The lowest BCUT2D eigenvalue weighted by atomic mass is 9.90. The van der Waals surface area contributed by atoms with E-state index < -0.39 is 0 Å². The van der Waals surface area contributed by atoms with E-state index >= 15 is 0 Å². The van der Waals surface area contributed by atoms with Gasteiger partial charge in [0.2, 0.25) is 0 Å². The number of para-hydroxylation sites is 1. The first-order chi connectivity index (χ1) is 12.0. The summed E-state index contributed by atoms with van der Waals surface area (Å²) in [5.41, 5.74) is 3.11. The number of aliphatic imine (C=N–C) groups is 1. The maximum Gasteiger partial charge on any atom is 0.192 e. The van der Waals surface area contributed by atoms with E-state index in [1.54, 1.807) is 0 Å². The van der Waals surface area contributed by atoms with Gasteiger partial charge in [-0.05, 0) is 33.8 Å². The molecule has 0 amide bonds. The standard InChI is InChI=1S/C19H27N5O.HI/c1-5-20-18(21-11-14-12-22-24-13(14)2)23-16-10-19(3,4)25-17-9-7-6-8-15(16)17;/h6-9,12,16H,5,10-11H2,1-4H3,(H,22,24)(H2,20,21,23);1H. The molecule has 0 saturated carbocycles. The van der Waals surface area contributed by atoms with E-state index in [0.717, 1.165) is 35.9 Å². The van der Waals surface area contributed by atoms with Crippen molar-refractivity contribution in [2.24, 2.45) is 4.99 Å². The maximum atomic E-state index is 6.11. The number of aryl methyl sites for hydroxylation is 1. The Morgan fingerprint density at radius 3 is 2.85 bits per heavy atom. The third-order valence-electron chi connectivity index (χ3n) is 4.37. The van der Waals surface area contributed by atoms with Gasteiger partial charge in [-0.25, -0.2) is 4.99 Å². The van der Waals surface area contributed by atoms with Gasteiger partial charge in [-0.1, -0.05) is 18.2 Å². The molecule has 0 spiro atoms. The van der Waals surface area contributed by atoms with Crippen molar-refractivity contribution in [3.05, 3.63) is 47.3 Å². The van der Waals surface area contributed by atoms with E-state index in [2.05, 4.69) is 47.7 Å².